The molecule has 6 atom stereocenters. The molecule has 31 heteroatoms. The van der Waals surface area contributed by atoms with Crippen molar-refractivity contribution in [2.75, 3.05) is 26.9 Å². The fourth-order valence-corrected chi connectivity index (χ4v) is 15.6. The van der Waals surface area contributed by atoms with Crippen LogP contribution in [0.4, 0.5) is 14.4 Å². The molecule has 6 heterocycles. The molecule has 0 bridgehead atoms. The Morgan fingerprint density at radius 2 is 0.769 bits per heavy atom. The summed E-state index contributed by atoms with van der Waals surface area (Å²) in [5.41, 5.74) is 12.1. The van der Waals surface area contributed by atoms with Crippen LogP contribution in [0.3, 0.4) is 0 Å². The van der Waals surface area contributed by atoms with Crippen LogP contribution in [0.5, 0.6) is 51.7 Å². The van der Waals surface area contributed by atoms with Crippen molar-refractivity contribution in [1.29, 1.82) is 0 Å². The minimum atomic E-state index is -0.829. The van der Waals surface area contributed by atoms with Gasteiger partial charge in [0.05, 0.1) is 15.7 Å². The Morgan fingerprint density at radius 3 is 1.06 bits per heavy atom. The fraction of sp³-hybridized carbons (Fsp3) is 0.403. The molecule has 2 radical (unpaired) electrons. The number of phenols is 1. The van der Waals surface area contributed by atoms with Gasteiger partial charge in [-0.05, 0) is 244 Å². The second kappa shape index (κ2) is 36.6. The summed E-state index contributed by atoms with van der Waals surface area (Å²) in [5, 5.41) is 17.4. The molecule has 0 spiro atoms. The zero-order chi connectivity index (χ0) is 75.1. The largest absolute Gasteiger partial charge is 0.525 e. The Labute approximate surface area is 655 Å². The number of thioether (sulfide) groups is 3. The fourth-order valence-electron chi connectivity index (χ4n) is 13.0. The maximum Gasteiger partial charge on any atom is 0.286 e. The first-order valence-corrected chi connectivity index (χ1v) is 36.5. The van der Waals surface area contributed by atoms with Gasteiger partial charge in [-0.3, -0.25) is 54.3 Å². The summed E-state index contributed by atoms with van der Waals surface area (Å²) in [6.07, 6.45) is 5.96. The second-order valence-electron chi connectivity index (χ2n) is 27.3. The van der Waals surface area contributed by atoms with E-state index in [9.17, 15) is 48.4 Å². The smallest absolute Gasteiger partial charge is 0.286 e. The van der Waals surface area contributed by atoms with Crippen LogP contribution in [-0.2, 0) is 113 Å². The van der Waals surface area contributed by atoms with Gasteiger partial charge in [-0.15, -0.1) is 4.91 Å². The molecular weight excluding hydrogens is 2300 g/mol. The van der Waals surface area contributed by atoms with E-state index in [4.69, 9.17) is 42.6 Å². The summed E-state index contributed by atoms with van der Waals surface area (Å²) in [5.74, 6) is 3.74. The van der Waals surface area contributed by atoms with Crippen LogP contribution in [0.15, 0.2) is 78.1 Å². The van der Waals surface area contributed by atoms with Crippen molar-refractivity contribution < 1.29 is 132 Å². The monoisotopic (exact) mass is 2390 g/mol. The summed E-state index contributed by atoms with van der Waals surface area (Å²) in [6.45, 7) is 26.1. The number of methoxy groups -OCH3 is 1. The van der Waals surface area contributed by atoms with Crippen molar-refractivity contribution in [2.45, 2.75) is 173 Å². The minimum Gasteiger partial charge on any atom is -0.525 e. The molecule has 12 rings (SSSR count). The van der Waals surface area contributed by atoms with E-state index < -0.39 is 39.2 Å². The SMILES string of the molecule is CO[CH-]C(=O)Oc1c(C)c(C)c2c(c1C)CCC(C)(COc1ccc(CC3SC(=O)NC3=O)cc1)O2.Cc1c(C)c2c(c(C)c1O)CCC(C)(COc1ccc(CC3SC(=O)NC3=O)cc1)O2.Cc1c(C)c2c(c(C)c1OC(=O)[CH-]ON=O)CCC(C)(COc1ccc(CC3SC(=O)NC3=O)cc1)O2.[Re].[Re].[Rf].[Rf]. The molecular formula is C77H84N4O20Re2Rf2S3-2. The number of nitrogens with one attached hydrogen (secondary N) is 3. The van der Waals surface area contributed by atoms with Crippen LogP contribution in [-0.4, -0.2) is 110 Å². The van der Waals surface area contributed by atoms with E-state index in [0.29, 0.717) is 87.3 Å². The number of phenolic OH excluding ortho intramolecular Hbond substituents is 1. The number of carbonyl (C=O) groups is 8. The first-order valence-electron chi connectivity index (χ1n) is 33.8. The Kier molecular flexibility index (Phi) is 29.3. The van der Waals surface area contributed by atoms with E-state index in [1.54, 1.807) is 0 Å². The Hall–Kier alpha value is -10.2. The quantitative estimate of drug-likeness (QED) is 0.0161. The maximum atomic E-state index is 12.0. The predicted molar refractivity (Wildman–Crippen MR) is 391 cm³/mol. The third kappa shape index (κ3) is 20.3. The first kappa shape index (κ1) is 86.7. The maximum absolute atomic E-state index is 12.0. The number of nitrogens with zero attached hydrogens (tertiary/aromatic N) is 1. The second-order valence-corrected chi connectivity index (χ2v) is 30.8. The van der Waals surface area contributed by atoms with Crippen molar-refractivity contribution in [3.8, 4) is 51.7 Å². The predicted octanol–water partition coefficient (Wildman–Crippen LogP) is 13.2. The number of esters is 2. The molecule has 4 N–H and O–H groups in total. The van der Waals surface area contributed by atoms with Crippen LogP contribution in [0.25, 0.3) is 0 Å². The van der Waals surface area contributed by atoms with E-state index in [2.05, 4.69) is 26.1 Å². The molecule has 570 valence electrons. The Balaban J connectivity index is 0.000000250. The van der Waals surface area contributed by atoms with Crippen molar-refractivity contribution in [3.63, 3.8) is 0 Å². The topological polar surface area (TPSA) is 315 Å². The molecule has 3 fully saturated rings. The molecule has 6 amide bonds. The van der Waals surface area contributed by atoms with Gasteiger partial charge in [0.2, 0.25) is 23.7 Å². The molecule has 6 unspecified atom stereocenters. The summed E-state index contributed by atoms with van der Waals surface area (Å²) in [4.78, 5) is 107. The van der Waals surface area contributed by atoms with Gasteiger partial charge in [0.15, 0.2) is 5.97 Å². The van der Waals surface area contributed by atoms with Crippen molar-refractivity contribution in [1.82, 2.24) is 16.0 Å². The van der Waals surface area contributed by atoms with Crippen LogP contribution in [0.1, 0.15) is 123 Å². The molecule has 6 aliphatic heterocycles. The number of carbonyl (C=O) groups excluding carboxylic acids is 8. The number of amides is 6. The molecule has 0 aromatic heterocycles. The Bertz CT molecular complexity index is 4390. The van der Waals surface area contributed by atoms with Crippen molar-refractivity contribution >= 4 is 80.7 Å². The normalized spacial score (nSPS) is 20.4. The number of imide groups is 3. The van der Waals surface area contributed by atoms with E-state index in [1.807, 2.05) is 156 Å². The van der Waals surface area contributed by atoms with Gasteiger partial charge in [-0.2, -0.15) is 6.61 Å². The first-order chi connectivity index (χ1) is 49.4. The molecule has 6 aliphatic rings. The average Bonchev–Trinajstić information content (AvgIpc) is 0.895. The van der Waals surface area contributed by atoms with Crippen LogP contribution in [0.2, 0.25) is 0 Å². The number of fused-ring (bicyclic) bond motifs is 3. The number of rotatable bonds is 22. The van der Waals surface area contributed by atoms with Gasteiger partial charge < -0.3 is 52.6 Å². The zero-order valence-electron chi connectivity index (χ0n) is 62.3. The van der Waals surface area contributed by atoms with Crippen molar-refractivity contribution in [2.24, 2.45) is 5.34 Å². The number of benzene rings is 6. The molecule has 24 nitrogen and oxygen atoms in total. The van der Waals surface area contributed by atoms with Gasteiger partial charge in [-0.1, -0.05) is 78.3 Å². The van der Waals surface area contributed by atoms with E-state index in [1.165, 1.54) is 7.11 Å². The number of hydrogen-bond donors (Lipinski definition) is 4. The molecule has 6 aromatic carbocycles. The molecule has 0 aliphatic carbocycles. The third-order valence-electron chi connectivity index (χ3n) is 19.5. The van der Waals surface area contributed by atoms with Gasteiger partial charge in [0.1, 0.15) is 93.7 Å². The van der Waals surface area contributed by atoms with E-state index in [0.717, 1.165) is 174 Å². The summed E-state index contributed by atoms with van der Waals surface area (Å²) >= 11 is 3.07. The van der Waals surface area contributed by atoms with Crippen molar-refractivity contribution in [3.05, 3.63) is 174 Å². The number of ether oxygens (including phenoxy) is 9. The number of aromatic hydroxyl groups is 1. The zero-order valence-corrected chi connectivity index (χ0v) is 83.0. The van der Waals surface area contributed by atoms with Gasteiger partial charge >= 0.3 is 0 Å². The van der Waals surface area contributed by atoms with Crippen LogP contribution in [0, 0.1) is 80.4 Å². The van der Waals surface area contributed by atoms with Gasteiger partial charge in [0.25, 0.3) is 15.7 Å². The van der Waals surface area contributed by atoms with E-state index in [-0.39, 0.29) is 79.5 Å². The van der Waals surface area contributed by atoms with Crippen LogP contribution >= 0.6 is 35.3 Å². The van der Waals surface area contributed by atoms with E-state index >= 15 is 0 Å². The summed E-state index contributed by atoms with van der Waals surface area (Å²) in [7, 11) is 1.41. The Morgan fingerprint density at radius 1 is 0.472 bits per heavy atom. The minimum absolute atomic E-state index is 0. The van der Waals surface area contributed by atoms with Crippen LogP contribution < -0.4 is 53.8 Å². The third-order valence-corrected chi connectivity index (χ3v) is 22.4. The molecule has 6 aromatic rings. The van der Waals surface area contributed by atoms with Gasteiger partial charge in [0, 0.05) is 64.6 Å². The summed E-state index contributed by atoms with van der Waals surface area (Å²) in [6, 6.07) is 22.6. The molecule has 0 saturated carbocycles. The number of hydrogen-bond acceptors (Lipinski definition) is 24. The standard InChI is InChI=1S/C27H30NO7S.C26H27N2O8S.C24H27NO5S.2Re.2Rf/c1-15-16(2)24-20(17(3)23(15)34-22(29)13-32-5)10-11-27(4,35-24)14-33-19-8-6-18(7-9-19)12-21-25(30)28-26(31)36-21;1-14-15(2)23-19(16(3)22(14)35-21(29)12-34-28-32)9-10-26(4,36-23)13-33-18-7-5-17(6-8-18)11-20-24(30)27-25(31)37-20;1-13-14(2)21-18(15(3)20(13)26)9-10-24(4,30-21)12-29-17-7-5-16(6-8-17)11-19-22(27)25-23(28)31-19;;;;/h6-9,13,21H,10-12,14H2,1-5H3,(H,28,30,31);5-8,12,20H,9-11,13H2,1-4H3,(H,27,30,31);5-8,19,26H,9-12H2,1-4H3,(H,25,27,28);;;;/q2*-1;;;;;. The molecule has 3 saturated heterocycles. The average molecular weight is 2390 g/mol. The summed E-state index contributed by atoms with van der Waals surface area (Å²) < 4.78 is 53.3. The molecule has 108 heavy (non-hydrogen) atoms. The van der Waals surface area contributed by atoms with Gasteiger partial charge in [-0.25, -0.2) is 0 Å².